The van der Waals surface area contributed by atoms with Crippen LogP contribution in [0.1, 0.15) is 25.5 Å². The molecule has 0 aromatic heterocycles. The van der Waals surface area contributed by atoms with Crippen molar-refractivity contribution in [2.75, 3.05) is 6.61 Å². The summed E-state index contributed by atoms with van der Waals surface area (Å²) in [7, 11) is 0. The zero-order chi connectivity index (χ0) is 11.4. The highest BCUT2D eigenvalue weighted by Crippen LogP contribution is 2.30. The molecule has 0 aliphatic heterocycles. The second kappa shape index (κ2) is 5.00. The van der Waals surface area contributed by atoms with Crippen LogP contribution in [-0.4, -0.2) is 22.9 Å². The molecule has 4 heteroatoms. The van der Waals surface area contributed by atoms with Crippen molar-refractivity contribution in [1.29, 1.82) is 0 Å². The standard InChI is InChI=1S/C11H17NO3/c1-3-15-11(7(2)12)8-4-5-9(13)10(14)6-8/h4-7,11,13-14H,3,12H2,1-2H3. The highest BCUT2D eigenvalue weighted by Gasteiger charge is 2.17. The average Bonchev–Trinajstić information content (AvgIpc) is 2.18. The molecule has 1 aromatic carbocycles. The molecule has 0 saturated heterocycles. The fourth-order valence-electron chi connectivity index (χ4n) is 1.45. The minimum atomic E-state index is -0.263. The van der Waals surface area contributed by atoms with Gasteiger partial charge in [0.1, 0.15) is 0 Å². The third-order valence-corrected chi connectivity index (χ3v) is 2.15. The molecule has 0 bridgehead atoms. The van der Waals surface area contributed by atoms with Crippen molar-refractivity contribution in [3.8, 4) is 11.5 Å². The SMILES string of the molecule is CCOC(c1ccc(O)c(O)c1)C(C)N. The van der Waals surface area contributed by atoms with Crippen molar-refractivity contribution in [2.45, 2.75) is 26.0 Å². The van der Waals surface area contributed by atoms with Gasteiger partial charge in [-0.05, 0) is 31.5 Å². The molecule has 2 atom stereocenters. The van der Waals surface area contributed by atoms with Crippen molar-refractivity contribution in [1.82, 2.24) is 0 Å². The first-order valence-electron chi connectivity index (χ1n) is 4.95. The first-order valence-corrected chi connectivity index (χ1v) is 4.95. The monoisotopic (exact) mass is 211 g/mol. The molecular formula is C11H17NO3. The van der Waals surface area contributed by atoms with E-state index in [1.54, 1.807) is 6.07 Å². The van der Waals surface area contributed by atoms with Crippen molar-refractivity contribution < 1.29 is 14.9 Å². The zero-order valence-corrected chi connectivity index (χ0v) is 8.97. The fourth-order valence-corrected chi connectivity index (χ4v) is 1.45. The second-order valence-corrected chi connectivity index (χ2v) is 3.48. The number of benzene rings is 1. The van der Waals surface area contributed by atoms with Crippen LogP contribution in [0.5, 0.6) is 11.5 Å². The third kappa shape index (κ3) is 2.84. The Kier molecular flexibility index (Phi) is 3.94. The van der Waals surface area contributed by atoms with Gasteiger partial charge in [-0.25, -0.2) is 0 Å². The van der Waals surface area contributed by atoms with Crippen molar-refractivity contribution >= 4 is 0 Å². The van der Waals surface area contributed by atoms with Gasteiger partial charge in [0.15, 0.2) is 11.5 Å². The topological polar surface area (TPSA) is 75.7 Å². The molecule has 4 nitrogen and oxygen atoms in total. The molecule has 0 spiro atoms. The maximum atomic E-state index is 9.35. The summed E-state index contributed by atoms with van der Waals surface area (Å²) >= 11 is 0. The van der Waals surface area contributed by atoms with Crippen LogP contribution >= 0.6 is 0 Å². The lowest BCUT2D eigenvalue weighted by Gasteiger charge is -2.21. The van der Waals surface area contributed by atoms with E-state index in [1.165, 1.54) is 12.1 Å². The molecule has 0 fully saturated rings. The van der Waals surface area contributed by atoms with Gasteiger partial charge in [-0.15, -0.1) is 0 Å². The van der Waals surface area contributed by atoms with Gasteiger partial charge >= 0.3 is 0 Å². The van der Waals surface area contributed by atoms with E-state index in [9.17, 15) is 10.2 Å². The van der Waals surface area contributed by atoms with Crippen LogP contribution in [0.15, 0.2) is 18.2 Å². The Labute approximate surface area is 89.3 Å². The van der Waals surface area contributed by atoms with Gasteiger partial charge in [0.25, 0.3) is 0 Å². The lowest BCUT2D eigenvalue weighted by atomic mass is 10.0. The molecule has 84 valence electrons. The van der Waals surface area contributed by atoms with Crippen molar-refractivity contribution in [3.05, 3.63) is 23.8 Å². The van der Waals surface area contributed by atoms with Gasteiger partial charge < -0.3 is 20.7 Å². The molecule has 0 saturated carbocycles. The van der Waals surface area contributed by atoms with Gasteiger partial charge in [0, 0.05) is 12.6 Å². The van der Waals surface area contributed by atoms with E-state index >= 15 is 0 Å². The Morgan fingerprint density at radius 2 is 2.00 bits per heavy atom. The molecule has 0 aliphatic rings. The summed E-state index contributed by atoms with van der Waals surface area (Å²) in [4.78, 5) is 0. The number of hydrogen-bond acceptors (Lipinski definition) is 4. The number of phenols is 2. The van der Waals surface area contributed by atoms with Crippen LogP contribution in [0, 0.1) is 0 Å². The van der Waals surface area contributed by atoms with E-state index in [0.29, 0.717) is 6.61 Å². The third-order valence-electron chi connectivity index (χ3n) is 2.15. The largest absolute Gasteiger partial charge is 0.504 e. The summed E-state index contributed by atoms with van der Waals surface area (Å²) in [6, 6.07) is 4.42. The molecule has 0 radical (unpaired) electrons. The fraction of sp³-hybridized carbons (Fsp3) is 0.455. The summed E-state index contributed by atoms with van der Waals surface area (Å²) in [6.45, 7) is 4.27. The van der Waals surface area contributed by atoms with Gasteiger partial charge in [-0.3, -0.25) is 0 Å². The number of phenolic OH excluding ortho intramolecular Hbond substituents is 2. The number of nitrogens with two attached hydrogens (primary N) is 1. The van der Waals surface area contributed by atoms with Crippen LogP contribution in [0.3, 0.4) is 0 Å². The Morgan fingerprint density at radius 3 is 2.47 bits per heavy atom. The quantitative estimate of drug-likeness (QED) is 0.660. The first kappa shape index (κ1) is 11.8. The predicted molar refractivity (Wildman–Crippen MR) is 57.8 cm³/mol. The summed E-state index contributed by atoms with van der Waals surface area (Å²) in [5, 5.41) is 18.5. The number of rotatable bonds is 4. The van der Waals surface area contributed by atoms with Crippen LogP contribution in [0.4, 0.5) is 0 Å². The highest BCUT2D eigenvalue weighted by molar-refractivity contribution is 5.41. The Morgan fingerprint density at radius 1 is 1.33 bits per heavy atom. The summed E-state index contributed by atoms with van der Waals surface area (Å²) in [5.74, 6) is -0.295. The second-order valence-electron chi connectivity index (χ2n) is 3.48. The Balaban J connectivity index is 2.95. The predicted octanol–water partition coefficient (Wildman–Crippen LogP) is 1.52. The van der Waals surface area contributed by atoms with Gasteiger partial charge in [0.2, 0.25) is 0 Å². The van der Waals surface area contributed by atoms with E-state index in [-0.39, 0.29) is 23.6 Å². The molecule has 15 heavy (non-hydrogen) atoms. The molecule has 0 aliphatic carbocycles. The zero-order valence-electron chi connectivity index (χ0n) is 8.97. The van der Waals surface area contributed by atoms with Gasteiger partial charge in [-0.2, -0.15) is 0 Å². The van der Waals surface area contributed by atoms with E-state index in [2.05, 4.69) is 0 Å². The molecule has 4 N–H and O–H groups in total. The van der Waals surface area contributed by atoms with E-state index in [1.807, 2.05) is 13.8 Å². The number of ether oxygens (including phenoxy) is 1. The maximum Gasteiger partial charge on any atom is 0.157 e. The Hall–Kier alpha value is -1.26. The van der Waals surface area contributed by atoms with Crippen LogP contribution < -0.4 is 5.73 Å². The van der Waals surface area contributed by atoms with Crippen molar-refractivity contribution in [3.63, 3.8) is 0 Å². The first-order chi connectivity index (χ1) is 7.06. The lowest BCUT2D eigenvalue weighted by molar-refractivity contribution is 0.0473. The molecule has 0 amide bonds. The maximum absolute atomic E-state index is 9.35. The molecule has 2 unspecified atom stereocenters. The van der Waals surface area contributed by atoms with Gasteiger partial charge in [0.05, 0.1) is 6.10 Å². The highest BCUT2D eigenvalue weighted by atomic mass is 16.5. The van der Waals surface area contributed by atoms with Crippen molar-refractivity contribution in [2.24, 2.45) is 5.73 Å². The molecule has 1 aromatic rings. The summed E-state index contributed by atoms with van der Waals surface area (Å²) < 4.78 is 5.47. The number of hydrogen-bond donors (Lipinski definition) is 3. The van der Waals surface area contributed by atoms with Crippen LogP contribution in [0.25, 0.3) is 0 Å². The molecular weight excluding hydrogens is 194 g/mol. The average molecular weight is 211 g/mol. The molecule has 1 rings (SSSR count). The normalized spacial score (nSPS) is 14.9. The summed E-state index contributed by atoms with van der Waals surface area (Å²) in [6.07, 6.45) is -0.263. The minimum absolute atomic E-state index is 0.140. The lowest BCUT2D eigenvalue weighted by Crippen LogP contribution is -2.26. The minimum Gasteiger partial charge on any atom is -0.504 e. The number of aromatic hydroxyl groups is 2. The van der Waals surface area contributed by atoms with E-state index in [4.69, 9.17) is 10.5 Å². The van der Waals surface area contributed by atoms with Crippen LogP contribution in [0.2, 0.25) is 0 Å². The molecule has 0 heterocycles. The smallest absolute Gasteiger partial charge is 0.157 e. The van der Waals surface area contributed by atoms with E-state index in [0.717, 1.165) is 5.56 Å². The van der Waals surface area contributed by atoms with Crippen LogP contribution in [-0.2, 0) is 4.74 Å². The summed E-state index contributed by atoms with van der Waals surface area (Å²) in [5.41, 5.74) is 6.54. The van der Waals surface area contributed by atoms with E-state index < -0.39 is 0 Å². The van der Waals surface area contributed by atoms with Gasteiger partial charge in [-0.1, -0.05) is 6.07 Å². The Bertz CT molecular complexity index is 326.